The number of nitrogens with one attached hydrogen (secondary N) is 1. The SMILES string of the molecule is CC1CCN(c2ccc(NC(=O)C[C@](C)(O)C(F)(F)F)cc2)CC1. The lowest BCUT2D eigenvalue weighted by molar-refractivity contribution is -0.252. The molecule has 1 fully saturated rings. The molecular weight excluding hydrogens is 321 g/mol. The first-order valence-electron chi connectivity index (χ1n) is 8.02. The molecule has 0 aliphatic carbocycles. The molecule has 1 aliphatic heterocycles. The smallest absolute Gasteiger partial charge is 0.380 e. The Labute approximate surface area is 139 Å². The molecule has 0 aromatic heterocycles. The molecule has 7 heteroatoms. The van der Waals surface area contributed by atoms with Crippen LogP contribution in [0.4, 0.5) is 24.5 Å². The van der Waals surface area contributed by atoms with Gasteiger partial charge in [-0.3, -0.25) is 4.79 Å². The topological polar surface area (TPSA) is 52.6 Å². The molecule has 1 aromatic rings. The number of carbonyl (C=O) groups is 1. The van der Waals surface area contributed by atoms with E-state index in [1.807, 2.05) is 12.1 Å². The van der Waals surface area contributed by atoms with Gasteiger partial charge in [0, 0.05) is 24.5 Å². The van der Waals surface area contributed by atoms with Crippen LogP contribution in [0.2, 0.25) is 0 Å². The van der Waals surface area contributed by atoms with Crippen molar-refractivity contribution in [3.8, 4) is 0 Å². The molecule has 2 N–H and O–H groups in total. The van der Waals surface area contributed by atoms with Gasteiger partial charge in [-0.2, -0.15) is 13.2 Å². The Bertz CT molecular complexity index is 562. The Balaban J connectivity index is 1.93. The molecule has 0 spiro atoms. The highest BCUT2D eigenvalue weighted by Crippen LogP contribution is 2.33. The van der Waals surface area contributed by atoms with Gasteiger partial charge in [-0.1, -0.05) is 6.92 Å². The van der Waals surface area contributed by atoms with Crippen molar-refractivity contribution in [3.63, 3.8) is 0 Å². The number of hydrogen-bond acceptors (Lipinski definition) is 3. The first-order chi connectivity index (χ1) is 11.1. The number of halogens is 3. The molecule has 134 valence electrons. The lowest BCUT2D eigenvalue weighted by Gasteiger charge is -2.32. The van der Waals surface area contributed by atoms with Crippen LogP contribution >= 0.6 is 0 Å². The maximum absolute atomic E-state index is 12.6. The molecule has 2 rings (SSSR count). The number of rotatable bonds is 4. The van der Waals surface area contributed by atoms with Gasteiger partial charge >= 0.3 is 6.18 Å². The molecule has 4 nitrogen and oxygen atoms in total. The van der Waals surface area contributed by atoms with E-state index in [1.165, 1.54) is 0 Å². The fourth-order valence-electron chi connectivity index (χ4n) is 2.64. The number of alkyl halides is 3. The van der Waals surface area contributed by atoms with E-state index in [1.54, 1.807) is 12.1 Å². The summed E-state index contributed by atoms with van der Waals surface area (Å²) in [5.74, 6) is -0.155. The van der Waals surface area contributed by atoms with Gasteiger partial charge in [0.25, 0.3) is 0 Å². The molecule has 1 atom stereocenters. The van der Waals surface area contributed by atoms with E-state index in [2.05, 4.69) is 17.1 Å². The van der Waals surface area contributed by atoms with E-state index in [0.717, 1.165) is 37.5 Å². The summed E-state index contributed by atoms with van der Waals surface area (Å²) >= 11 is 0. The van der Waals surface area contributed by atoms with Gasteiger partial charge in [-0.15, -0.1) is 0 Å². The van der Waals surface area contributed by atoms with Crippen LogP contribution in [0.3, 0.4) is 0 Å². The highest BCUT2D eigenvalue weighted by atomic mass is 19.4. The van der Waals surface area contributed by atoms with E-state index in [0.29, 0.717) is 12.6 Å². The van der Waals surface area contributed by atoms with Gasteiger partial charge in [0.1, 0.15) is 0 Å². The fourth-order valence-corrected chi connectivity index (χ4v) is 2.64. The molecule has 0 unspecified atom stereocenters. The first kappa shape index (κ1) is 18.6. The number of aliphatic hydroxyl groups is 1. The number of amides is 1. The average molecular weight is 344 g/mol. The Hall–Kier alpha value is -1.76. The highest BCUT2D eigenvalue weighted by Gasteiger charge is 2.50. The lowest BCUT2D eigenvalue weighted by Crippen LogP contribution is -2.44. The van der Waals surface area contributed by atoms with Crippen LogP contribution in [0.25, 0.3) is 0 Å². The Morgan fingerprint density at radius 1 is 1.25 bits per heavy atom. The van der Waals surface area contributed by atoms with E-state index < -0.39 is 24.1 Å². The minimum absolute atomic E-state index is 0.409. The number of nitrogens with zero attached hydrogens (tertiary/aromatic N) is 1. The molecular formula is C17H23F3N2O2. The van der Waals surface area contributed by atoms with Crippen molar-refractivity contribution in [2.24, 2.45) is 5.92 Å². The molecule has 1 aliphatic rings. The van der Waals surface area contributed by atoms with E-state index in [4.69, 9.17) is 0 Å². The van der Waals surface area contributed by atoms with Gasteiger partial charge in [0.2, 0.25) is 5.91 Å². The maximum Gasteiger partial charge on any atom is 0.417 e. The predicted molar refractivity (Wildman–Crippen MR) is 87.0 cm³/mol. The van der Waals surface area contributed by atoms with Crippen LogP contribution in [-0.4, -0.2) is 35.9 Å². The van der Waals surface area contributed by atoms with Crippen molar-refractivity contribution < 1.29 is 23.1 Å². The number of anilines is 2. The highest BCUT2D eigenvalue weighted by molar-refractivity contribution is 5.91. The zero-order valence-corrected chi connectivity index (χ0v) is 13.9. The predicted octanol–water partition coefficient (Wildman–Crippen LogP) is 3.56. The van der Waals surface area contributed by atoms with Crippen molar-refractivity contribution in [1.29, 1.82) is 0 Å². The summed E-state index contributed by atoms with van der Waals surface area (Å²) in [6.07, 6.45) is -3.63. The van der Waals surface area contributed by atoms with E-state index in [9.17, 15) is 23.1 Å². The van der Waals surface area contributed by atoms with Crippen LogP contribution in [0, 0.1) is 5.92 Å². The summed E-state index contributed by atoms with van der Waals surface area (Å²) < 4.78 is 37.8. The summed E-state index contributed by atoms with van der Waals surface area (Å²) in [4.78, 5) is 14.0. The van der Waals surface area contributed by atoms with Crippen molar-refractivity contribution in [2.45, 2.75) is 44.9 Å². The van der Waals surface area contributed by atoms with Gasteiger partial charge in [0.05, 0.1) is 6.42 Å². The molecule has 1 saturated heterocycles. The Kier molecular flexibility index (Phi) is 5.42. The third-order valence-corrected chi connectivity index (χ3v) is 4.42. The second kappa shape index (κ2) is 7.01. The van der Waals surface area contributed by atoms with Crippen LogP contribution in [0.15, 0.2) is 24.3 Å². The fraction of sp³-hybridized carbons (Fsp3) is 0.588. The summed E-state index contributed by atoms with van der Waals surface area (Å²) in [7, 11) is 0. The number of piperidine rings is 1. The van der Waals surface area contributed by atoms with Gasteiger partial charge in [0.15, 0.2) is 5.60 Å². The van der Waals surface area contributed by atoms with Gasteiger partial charge in [-0.05, 0) is 49.9 Å². The lowest BCUT2D eigenvalue weighted by atomic mass is 9.99. The van der Waals surface area contributed by atoms with Crippen molar-refractivity contribution in [1.82, 2.24) is 0 Å². The maximum atomic E-state index is 12.6. The van der Waals surface area contributed by atoms with Crippen molar-refractivity contribution >= 4 is 17.3 Å². The summed E-state index contributed by atoms with van der Waals surface area (Å²) in [5, 5.41) is 11.7. The minimum atomic E-state index is -4.85. The molecule has 1 aromatic carbocycles. The largest absolute Gasteiger partial charge is 0.417 e. The Morgan fingerprint density at radius 2 is 1.79 bits per heavy atom. The van der Waals surface area contributed by atoms with Crippen molar-refractivity contribution in [2.75, 3.05) is 23.3 Å². The van der Waals surface area contributed by atoms with Crippen LogP contribution < -0.4 is 10.2 Å². The van der Waals surface area contributed by atoms with Gasteiger partial charge < -0.3 is 15.3 Å². The van der Waals surface area contributed by atoms with Crippen molar-refractivity contribution in [3.05, 3.63) is 24.3 Å². The quantitative estimate of drug-likeness (QED) is 0.878. The van der Waals surface area contributed by atoms with Crippen LogP contribution in [0.1, 0.15) is 33.1 Å². The molecule has 1 heterocycles. The molecule has 24 heavy (non-hydrogen) atoms. The standard InChI is InChI=1S/C17H23F3N2O2/c1-12-7-9-22(10-8-12)14-5-3-13(4-6-14)21-15(23)11-16(2,24)17(18,19)20/h3-6,12,24H,7-11H2,1-2H3,(H,21,23)/t16-/m0/s1. The molecule has 0 radical (unpaired) electrons. The third kappa shape index (κ3) is 4.63. The normalized spacial score (nSPS) is 19.0. The molecule has 1 amide bonds. The summed E-state index contributed by atoms with van der Waals surface area (Å²) in [5.41, 5.74) is -1.60. The Morgan fingerprint density at radius 3 is 2.29 bits per heavy atom. The zero-order valence-electron chi connectivity index (χ0n) is 13.9. The first-order valence-corrected chi connectivity index (χ1v) is 8.02. The average Bonchev–Trinajstić information content (AvgIpc) is 2.47. The molecule has 0 saturated carbocycles. The van der Waals surface area contributed by atoms with E-state index in [-0.39, 0.29) is 0 Å². The van der Waals surface area contributed by atoms with Gasteiger partial charge in [-0.25, -0.2) is 0 Å². The zero-order chi connectivity index (χ0) is 18.0. The number of carbonyl (C=O) groups excluding carboxylic acids is 1. The molecule has 0 bridgehead atoms. The number of benzene rings is 1. The van der Waals surface area contributed by atoms with Crippen LogP contribution in [-0.2, 0) is 4.79 Å². The summed E-state index contributed by atoms with van der Waals surface area (Å²) in [6, 6.07) is 7.00. The monoisotopic (exact) mass is 344 g/mol. The van der Waals surface area contributed by atoms with E-state index >= 15 is 0 Å². The summed E-state index contributed by atoms with van der Waals surface area (Å²) in [6.45, 7) is 4.77. The second-order valence-corrected chi connectivity index (χ2v) is 6.71. The second-order valence-electron chi connectivity index (χ2n) is 6.71. The number of hydrogen-bond donors (Lipinski definition) is 2. The third-order valence-electron chi connectivity index (χ3n) is 4.42. The minimum Gasteiger partial charge on any atom is -0.380 e. The van der Waals surface area contributed by atoms with Crippen LogP contribution in [0.5, 0.6) is 0 Å².